The van der Waals surface area contributed by atoms with Gasteiger partial charge in [-0.3, -0.25) is 0 Å². The van der Waals surface area contributed by atoms with Crippen molar-refractivity contribution in [2.24, 2.45) is 5.73 Å². The predicted octanol–water partition coefficient (Wildman–Crippen LogP) is 3.41. The van der Waals surface area contributed by atoms with Gasteiger partial charge in [0.25, 0.3) is 5.89 Å². The fourth-order valence-corrected chi connectivity index (χ4v) is 2.43. The quantitative estimate of drug-likeness (QED) is 0.891. The molecule has 0 radical (unpaired) electrons. The lowest BCUT2D eigenvalue weighted by molar-refractivity contribution is 0.0410. The van der Waals surface area contributed by atoms with Crippen LogP contribution in [0, 0.1) is 6.92 Å². The molecule has 0 fully saturated rings. The number of aryl methyl sites for hydroxylation is 1. The van der Waals surface area contributed by atoms with E-state index in [0.29, 0.717) is 18.3 Å². The smallest absolute Gasteiger partial charge is 0.259 e. The molecule has 6 heteroatoms. The third kappa shape index (κ3) is 3.90. The summed E-state index contributed by atoms with van der Waals surface area (Å²) in [6.45, 7) is 8.10. The van der Waals surface area contributed by atoms with E-state index in [4.69, 9.17) is 15.0 Å². The van der Waals surface area contributed by atoms with Crippen LogP contribution in [-0.4, -0.2) is 22.9 Å². The first-order valence-electron chi connectivity index (χ1n) is 6.81. The van der Waals surface area contributed by atoms with Crippen molar-refractivity contribution in [2.75, 3.05) is 6.61 Å². The van der Waals surface area contributed by atoms with E-state index >= 15 is 0 Å². The van der Waals surface area contributed by atoms with Crippen LogP contribution < -0.4 is 5.73 Å². The monoisotopic (exact) mass is 353 g/mol. The molecule has 0 spiro atoms. The highest BCUT2D eigenvalue weighted by molar-refractivity contribution is 9.10. The van der Waals surface area contributed by atoms with Gasteiger partial charge in [-0.25, -0.2) is 0 Å². The maximum absolute atomic E-state index is 6.22. The molecular formula is C15H20BrN3O2. The Bertz CT molecular complexity index is 623. The van der Waals surface area contributed by atoms with E-state index in [1.807, 2.05) is 45.9 Å². The molecule has 1 heterocycles. The van der Waals surface area contributed by atoms with Gasteiger partial charge in [0.15, 0.2) is 5.82 Å². The van der Waals surface area contributed by atoms with E-state index in [-0.39, 0.29) is 6.10 Å². The molecule has 21 heavy (non-hydrogen) atoms. The molecule has 0 aliphatic carbocycles. The molecular weight excluding hydrogens is 334 g/mol. The van der Waals surface area contributed by atoms with Gasteiger partial charge >= 0.3 is 0 Å². The van der Waals surface area contributed by atoms with Crippen molar-refractivity contribution < 1.29 is 9.26 Å². The molecule has 0 aliphatic rings. The third-order valence-corrected chi connectivity index (χ3v) is 3.66. The molecule has 0 amide bonds. The Balaban J connectivity index is 2.25. The first-order valence-corrected chi connectivity index (χ1v) is 7.60. The molecule has 5 nitrogen and oxygen atoms in total. The normalized spacial score (nSPS) is 14.4. The van der Waals surface area contributed by atoms with Gasteiger partial charge in [-0.05, 0) is 61.3 Å². The van der Waals surface area contributed by atoms with Crippen LogP contribution in [0.3, 0.4) is 0 Å². The SMILES string of the molecule is Cc1ccc(-c2nc(C(C)(N)COC(C)C)no2)c(Br)c1. The highest BCUT2D eigenvalue weighted by Gasteiger charge is 2.29. The van der Waals surface area contributed by atoms with Gasteiger partial charge in [-0.2, -0.15) is 4.98 Å². The molecule has 2 N–H and O–H groups in total. The molecule has 114 valence electrons. The molecule has 1 atom stereocenters. The zero-order valence-electron chi connectivity index (χ0n) is 12.7. The van der Waals surface area contributed by atoms with Crippen LogP contribution in [-0.2, 0) is 10.3 Å². The van der Waals surface area contributed by atoms with Gasteiger partial charge < -0.3 is 15.0 Å². The molecule has 0 saturated carbocycles. The van der Waals surface area contributed by atoms with Crippen molar-refractivity contribution >= 4 is 15.9 Å². The molecule has 0 aliphatic heterocycles. The Morgan fingerprint density at radius 2 is 2.14 bits per heavy atom. The summed E-state index contributed by atoms with van der Waals surface area (Å²) in [6.07, 6.45) is 0.102. The maximum atomic E-state index is 6.22. The standard InChI is InChI=1S/C15H20BrN3O2/c1-9(2)20-8-15(4,17)14-18-13(21-19-14)11-6-5-10(3)7-12(11)16/h5-7,9H,8,17H2,1-4H3. The van der Waals surface area contributed by atoms with Crippen molar-refractivity contribution in [2.45, 2.75) is 39.3 Å². The minimum atomic E-state index is -0.788. The number of hydrogen-bond acceptors (Lipinski definition) is 5. The molecule has 2 rings (SSSR count). The topological polar surface area (TPSA) is 74.2 Å². The maximum Gasteiger partial charge on any atom is 0.259 e. The van der Waals surface area contributed by atoms with Crippen molar-refractivity contribution in [1.29, 1.82) is 0 Å². The lowest BCUT2D eigenvalue weighted by atomic mass is 10.1. The van der Waals surface area contributed by atoms with E-state index in [1.54, 1.807) is 0 Å². The van der Waals surface area contributed by atoms with Gasteiger partial charge in [-0.15, -0.1) is 0 Å². The van der Waals surface area contributed by atoms with Crippen LogP contribution in [0.4, 0.5) is 0 Å². The number of benzene rings is 1. The summed E-state index contributed by atoms with van der Waals surface area (Å²) >= 11 is 3.51. The van der Waals surface area contributed by atoms with Crippen LogP contribution in [0.2, 0.25) is 0 Å². The Kier molecular flexibility index (Phi) is 4.81. The minimum Gasteiger partial charge on any atom is -0.376 e. The van der Waals surface area contributed by atoms with Gasteiger partial charge in [0, 0.05) is 4.47 Å². The first kappa shape index (κ1) is 16.1. The van der Waals surface area contributed by atoms with Crippen molar-refractivity contribution in [3.8, 4) is 11.5 Å². The lowest BCUT2D eigenvalue weighted by Gasteiger charge is -2.21. The number of hydrogen-bond donors (Lipinski definition) is 1. The summed E-state index contributed by atoms with van der Waals surface area (Å²) in [5.74, 6) is 0.878. The number of halogens is 1. The molecule has 1 unspecified atom stereocenters. The predicted molar refractivity (Wildman–Crippen MR) is 84.8 cm³/mol. The van der Waals surface area contributed by atoms with Crippen LogP contribution in [0.5, 0.6) is 0 Å². The van der Waals surface area contributed by atoms with Gasteiger partial charge in [0.05, 0.1) is 18.3 Å². The van der Waals surface area contributed by atoms with Crippen molar-refractivity contribution in [3.05, 3.63) is 34.1 Å². The number of aromatic nitrogens is 2. The second-order valence-electron chi connectivity index (χ2n) is 5.68. The first-order chi connectivity index (χ1) is 9.79. The second-order valence-corrected chi connectivity index (χ2v) is 6.54. The number of nitrogens with two attached hydrogens (primary N) is 1. The molecule has 1 aromatic carbocycles. The highest BCUT2D eigenvalue weighted by Crippen LogP contribution is 2.29. The van der Waals surface area contributed by atoms with Crippen molar-refractivity contribution in [1.82, 2.24) is 10.1 Å². The highest BCUT2D eigenvalue weighted by atomic mass is 79.9. The van der Waals surface area contributed by atoms with Gasteiger partial charge in [0.1, 0.15) is 5.54 Å². The van der Waals surface area contributed by atoms with Crippen LogP contribution in [0.1, 0.15) is 32.2 Å². The lowest BCUT2D eigenvalue weighted by Crippen LogP contribution is -2.40. The largest absolute Gasteiger partial charge is 0.376 e. The third-order valence-electron chi connectivity index (χ3n) is 3.01. The summed E-state index contributed by atoms with van der Waals surface area (Å²) in [5, 5.41) is 3.99. The van der Waals surface area contributed by atoms with Crippen molar-refractivity contribution in [3.63, 3.8) is 0 Å². The molecule has 0 bridgehead atoms. The fraction of sp³-hybridized carbons (Fsp3) is 0.467. The summed E-state index contributed by atoms with van der Waals surface area (Å²) < 4.78 is 11.8. The number of nitrogens with zero attached hydrogens (tertiary/aromatic N) is 2. The Morgan fingerprint density at radius 3 is 2.76 bits per heavy atom. The Labute approximate surface area is 133 Å². The van der Waals surface area contributed by atoms with E-state index < -0.39 is 5.54 Å². The number of rotatable bonds is 5. The average Bonchev–Trinajstić information content (AvgIpc) is 2.86. The molecule has 0 saturated heterocycles. The summed E-state index contributed by atoms with van der Waals surface area (Å²) in [7, 11) is 0. The summed E-state index contributed by atoms with van der Waals surface area (Å²) in [5.41, 5.74) is 7.43. The van der Waals surface area contributed by atoms with Crippen LogP contribution >= 0.6 is 15.9 Å². The van der Waals surface area contributed by atoms with Crippen LogP contribution in [0.25, 0.3) is 11.5 Å². The van der Waals surface area contributed by atoms with E-state index in [9.17, 15) is 0 Å². The van der Waals surface area contributed by atoms with Gasteiger partial charge in [0.2, 0.25) is 0 Å². The molecule has 2 aromatic rings. The summed E-state index contributed by atoms with van der Waals surface area (Å²) in [4.78, 5) is 4.41. The Hall–Kier alpha value is -1.24. The second kappa shape index (κ2) is 6.25. The zero-order chi connectivity index (χ0) is 15.6. The molecule has 1 aromatic heterocycles. The average molecular weight is 354 g/mol. The minimum absolute atomic E-state index is 0.102. The Morgan fingerprint density at radius 1 is 1.43 bits per heavy atom. The summed E-state index contributed by atoms with van der Waals surface area (Å²) in [6, 6.07) is 5.94. The van der Waals surface area contributed by atoms with E-state index in [2.05, 4.69) is 26.1 Å². The number of ether oxygens (including phenoxy) is 1. The van der Waals surface area contributed by atoms with Crippen LogP contribution in [0.15, 0.2) is 27.2 Å². The van der Waals surface area contributed by atoms with E-state index in [0.717, 1.165) is 15.6 Å². The van der Waals surface area contributed by atoms with Gasteiger partial charge in [-0.1, -0.05) is 11.2 Å². The zero-order valence-corrected chi connectivity index (χ0v) is 14.3. The fourth-order valence-electron chi connectivity index (χ4n) is 1.76. The van der Waals surface area contributed by atoms with E-state index in [1.165, 1.54) is 0 Å².